The summed E-state index contributed by atoms with van der Waals surface area (Å²) in [4.78, 5) is 41.3. The lowest BCUT2D eigenvalue weighted by Crippen LogP contribution is -2.57. The van der Waals surface area contributed by atoms with Crippen molar-refractivity contribution >= 4 is 11.8 Å². The minimum atomic E-state index is -0.205. The van der Waals surface area contributed by atoms with Crippen molar-refractivity contribution in [3.8, 4) is 0 Å². The number of carbonyl (C=O) groups excluding carboxylic acids is 2. The Labute approximate surface area is 159 Å². The highest BCUT2D eigenvalue weighted by Gasteiger charge is 2.44. The average molecular weight is 374 g/mol. The van der Waals surface area contributed by atoms with Crippen molar-refractivity contribution in [1.82, 2.24) is 20.0 Å². The van der Waals surface area contributed by atoms with Gasteiger partial charge in [-0.3, -0.25) is 19.5 Å². The Bertz CT molecular complexity index is 776. The van der Waals surface area contributed by atoms with Gasteiger partial charge in [0, 0.05) is 48.8 Å². The molecule has 3 aliphatic rings. The third kappa shape index (κ3) is 3.56. The second kappa shape index (κ2) is 7.17. The molecule has 2 saturated heterocycles. The molecule has 1 saturated carbocycles. The van der Waals surface area contributed by atoms with Gasteiger partial charge in [0.25, 0.3) is 5.56 Å². The van der Waals surface area contributed by atoms with Crippen molar-refractivity contribution < 1.29 is 9.59 Å². The summed E-state index contributed by atoms with van der Waals surface area (Å²) in [7, 11) is 0. The molecule has 148 valence electrons. The minimum Gasteiger partial charge on any atom is -0.342 e. The van der Waals surface area contributed by atoms with Gasteiger partial charge in [-0.05, 0) is 39.0 Å². The lowest BCUT2D eigenvalue weighted by molar-refractivity contribution is -0.145. The number of aromatic amines is 2. The number of amides is 2. The molecule has 2 amide bonds. The second-order valence-electron chi connectivity index (χ2n) is 8.74. The minimum absolute atomic E-state index is 0.0200. The molecule has 7 heteroatoms. The number of piperidine rings is 2. The van der Waals surface area contributed by atoms with Crippen molar-refractivity contribution in [3.63, 3.8) is 0 Å². The number of nitrogens with zero attached hydrogens (tertiary/aromatic N) is 2. The van der Waals surface area contributed by atoms with E-state index in [1.807, 2.05) is 11.8 Å². The number of H-pyrrole nitrogens is 2. The summed E-state index contributed by atoms with van der Waals surface area (Å²) in [6.45, 7) is 4.07. The molecule has 0 aromatic carbocycles. The maximum Gasteiger partial charge on any atom is 0.267 e. The van der Waals surface area contributed by atoms with Crippen LogP contribution in [-0.2, 0) is 16.0 Å². The van der Waals surface area contributed by atoms with Gasteiger partial charge in [-0.1, -0.05) is 12.8 Å². The van der Waals surface area contributed by atoms with E-state index in [0.717, 1.165) is 50.9 Å². The van der Waals surface area contributed by atoms with Crippen LogP contribution in [-0.4, -0.2) is 57.5 Å². The first kappa shape index (κ1) is 18.3. The molecule has 2 N–H and O–H groups in total. The van der Waals surface area contributed by atoms with Gasteiger partial charge in [0.15, 0.2) is 0 Å². The summed E-state index contributed by atoms with van der Waals surface area (Å²) in [6, 6.07) is 0.404. The van der Waals surface area contributed by atoms with Crippen LogP contribution >= 0.6 is 0 Å². The largest absolute Gasteiger partial charge is 0.342 e. The second-order valence-corrected chi connectivity index (χ2v) is 8.74. The predicted molar refractivity (Wildman–Crippen MR) is 101 cm³/mol. The number of nitrogens with one attached hydrogen (secondary N) is 2. The van der Waals surface area contributed by atoms with Crippen LogP contribution in [0.4, 0.5) is 0 Å². The van der Waals surface area contributed by atoms with E-state index in [1.165, 1.54) is 12.8 Å². The van der Waals surface area contributed by atoms with Crippen molar-refractivity contribution in [2.24, 2.45) is 5.41 Å². The molecule has 1 aromatic rings. The lowest BCUT2D eigenvalue weighted by Gasteiger charge is -2.49. The summed E-state index contributed by atoms with van der Waals surface area (Å²) < 4.78 is 0. The van der Waals surface area contributed by atoms with Crippen LogP contribution in [0.2, 0.25) is 0 Å². The molecule has 4 rings (SSSR count). The summed E-state index contributed by atoms with van der Waals surface area (Å²) in [6.07, 6.45) is 8.37. The SMILES string of the molecule is Cc1[nH][nH]c(=O)c1CC(=O)N1CCC[C@]2(CCC(=O)N(C3CCCC3)C2)C1. The first-order valence-electron chi connectivity index (χ1n) is 10.3. The molecule has 0 bridgehead atoms. The van der Waals surface area contributed by atoms with E-state index in [9.17, 15) is 14.4 Å². The molecule has 3 fully saturated rings. The zero-order chi connectivity index (χ0) is 19.0. The summed E-state index contributed by atoms with van der Waals surface area (Å²) in [5.74, 6) is 0.317. The highest BCUT2D eigenvalue weighted by Crippen LogP contribution is 2.41. The molecular formula is C20H30N4O3. The van der Waals surface area contributed by atoms with Crippen LogP contribution in [0.5, 0.6) is 0 Å². The van der Waals surface area contributed by atoms with E-state index in [-0.39, 0.29) is 23.3 Å². The van der Waals surface area contributed by atoms with Gasteiger partial charge in [-0.25, -0.2) is 0 Å². The standard InChI is InChI=1S/C20H30N4O3/c1-14-16(19(27)22-21-14)11-18(26)23-10-4-8-20(12-23)9-7-17(25)24(13-20)15-5-2-3-6-15/h15H,2-13H2,1H3,(H2,21,22,27)/t20-/m0/s1. The van der Waals surface area contributed by atoms with Gasteiger partial charge in [-0.2, -0.15) is 0 Å². The van der Waals surface area contributed by atoms with Crippen molar-refractivity contribution in [3.05, 3.63) is 21.6 Å². The van der Waals surface area contributed by atoms with Gasteiger partial charge >= 0.3 is 0 Å². The molecular weight excluding hydrogens is 344 g/mol. The molecule has 3 heterocycles. The highest BCUT2D eigenvalue weighted by atomic mass is 16.2. The number of aromatic nitrogens is 2. The van der Waals surface area contributed by atoms with Gasteiger partial charge in [0.2, 0.25) is 11.8 Å². The number of likely N-dealkylation sites (tertiary alicyclic amines) is 2. The van der Waals surface area contributed by atoms with Gasteiger partial charge in [0.1, 0.15) is 0 Å². The Morgan fingerprint density at radius 3 is 2.59 bits per heavy atom. The fraction of sp³-hybridized carbons (Fsp3) is 0.750. The molecule has 1 aromatic heterocycles. The number of aryl methyl sites for hydroxylation is 1. The summed E-state index contributed by atoms with van der Waals surface area (Å²) in [5.41, 5.74) is 1.09. The average Bonchev–Trinajstić information content (AvgIpc) is 3.30. The van der Waals surface area contributed by atoms with E-state index in [0.29, 0.717) is 30.5 Å². The van der Waals surface area contributed by atoms with Crippen molar-refractivity contribution in [1.29, 1.82) is 0 Å². The third-order valence-electron chi connectivity index (χ3n) is 6.89. The quantitative estimate of drug-likeness (QED) is 0.844. The Morgan fingerprint density at radius 1 is 1.11 bits per heavy atom. The van der Waals surface area contributed by atoms with Crippen molar-refractivity contribution in [2.45, 2.75) is 70.8 Å². The van der Waals surface area contributed by atoms with Gasteiger partial charge in [-0.15, -0.1) is 0 Å². The summed E-state index contributed by atoms with van der Waals surface area (Å²) >= 11 is 0. The fourth-order valence-electron chi connectivity index (χ4n) is 5.29. The van der Waals surface area contributed by atoms with Gasteiger partial charge in [0.05, 0.1) is 6.42 Å². The Kier molecular flexibility index (Phi) is 4.86. The van der Waals surface area contributed by atoms with E-state index in [1.54, 1.807) is 0 Å². The number of hydrogen-bond donors (Lipinski definition) is 2. The normalized spacial score (nSPS) is 26.9. The molecule has 0 radical (unpaired) electrons. The molecule has 1 spiro atoms. The monoisotopic (exact) mass is 374 g/mol. The van der Waals surface area contributed by atoms with Crippen LogP contribution in [0.25, 0.3) is 0 Å². The maximum absolute atomic E-state index is 12.9. The number of hydrogen-bond acceptors (Lipinski definition) is 3. The van der Waals surface area contributed by atoms with Gasteiger partial charge < -0.3 is 14.9 Å². The zero-order valence-corrected chi connectivity index (χ0v) is 16.2. The van der Waals surface area contributed by atoms with Crippen molar-refractivity contribution in [2.75, 3.05) is 19.6 Å². The third-order valence-corrected chi connectivity index (χ3v) is 6.89. The van der Waals surface area contributed by atoms with Crippen LogP contribution < -0.4 is 5.56 Å². The number of rotatable bonds is 3. The summed E-state index contributed by atoms with van der Waals surface area (Å²) in [5, 5.41) is 5.34. The van der Waals surface area contributed by atoms with Crippen LogP contribution in [0.3, 0.4) is 0 Å². The maximum atomic E-state index is 12.9. The fourth-order valence-corrected chi connectivity index (χ4v) is 5.29. The van der Waals surface area contributed by atoms with E-state index < -0.39 is 0 Å². The molecule has 7 nitrogen and oxygen atoms in total. The molecule has 1 atom stereocenters. The van der Waals surface area contributed by atoms with E-state index in [4.69, 9.17) is 0 Å². The Balaban J connectivity index is 1.46. The molecule has 1 aliphatic carbocycles. The van der Waals surface area contributed by atoms with Crippen LogP contribution in [0.1, 0.15) is 62.6 Å². The molecule has 27 heavy (non-hydrogen) atoms. The van der Waals surface area contributed by atoms with E-state index >= 15 is 0 Å². The molecule has 0 unspecified atom stereocenters. The lowest BCUT2D eigenvalue weighted by atomic mass is 9.73. The first-order chi connectivity index (χ1) is 13.0. The van der Waals surface area contributed by atoms with Crippen LogP contribution in [0, 0.1) is 12.3 Å². The Hall–Kier alpha value is -2.05. The van der Waals surface area contributed by atoms with Crippen LogP contribution in [0.15, 0.2) is 4.79 Å². The first-order valence-corrected chi connectivity index (χ1v) is 10.3. The Morgan fingerprint density at radius 2 is 1.89 bits per heavy atom. The highest BCUT2D eigenvalue weighted by molar-refractivity contribution is 5.80. The molecule has 2 aliphatic heterocycles. The smallest absolute Gasteiger partial charge is 0.267 e. The predicted octanol–water partition coefficient (Wildman–Crippen LogP) is 1.73. The zero-order valence-electron chi connectivity index (χ0n) is 16.2. The van der Waals surface area contributed by atoms with E-state index in [2.05, 4.69) is 15.1 Å². The number of carbonyl (C=O) groups is 2. The topological polar surface area (TPSA) is 89.3 Å².